The van der Waals surface area contributed by atoms with Crippen LogP contribution in [0.4, 0.5) is 10.5 Å². The number of urea groups is 1. The van der Waals surface area contributed by atoms with Crippen molar-refractivity contribution in [3.63, 3.8) is 0 Å². The van der Waals surface area contributed by atoms with Crippen molar-refractivity contribution >= 4 is 21.9 Å². The zero-order valence-electron chi connectivity index (χ0n) is 14.0. The van der Waals surface area contributed by atoms with Crippen molar-refractivity contribution in [1.29, 1.82) is 0 Å². The van der Waals surface area contributed by atoms with Crippen LogP contribution in [0, 0.1) is 6.92 Å². The summed E-state index contributed by atoms with van der Waals surface area (Å²) in [5.41, 5.74) is 1.63. The van der Waals surface area contributed by atoms with Crippen molar-refractivity contribution in [3.8, 4) is 5.75 Å². The van der Waals surface area contributed by atoms with Crippen LogP contribution in [0.3, 0.4) is 0 Å². The number of ether oxygens (including phenoxy) is 1. The Morgan fingerprint density at radius 1 is 1.29 bits per heavy atom. The average Bonchev–Trinajstić information content (AvgIpc) is 2.76. The first-order chi connectivity index (χ1) is 11.3. The topological polar surface area (TPSA) is 105 Å². The molecular weight excluding hydrogens is 332 g/mol. The second-order valence-electron chi connectivity index (χ2n) is 5.65. The third kappa shape index (κ3) is 4.83. The third-order valence-corrected chi connectivity index (χ3v) is 4.87. The molecule has 2 amide bonds. The molecule has 0 aromatic heterocycles. The van der Waals surface area contributed by atoms with Crippen LogP contribution in [0.5, 0.6) is 5.75 Å². The number of nitrogens with zero attached hydrogens (tertiary/aromatic N) is 2. The molecule has 0 saturated carbocycles. The maximum absolute atomic E-state index is 12.5. The molecule has 2 rings (SSSR count). The molecule has 0 unspecified atom stereocenters. The predicted octanol–water partition coefficient (Wildman–Crippen LogP) is 1.14. The molecule has 1 saturated heterocycles. The molecule has 1 aliphatic rings. The van der Waals surface area contributed by atoms with Crippen molar-refractivity contribution in [1.82, 2.24) is 9.21 Å². The van der Waals surface area contributed by atoms with Crippen LogP contribution in [0.15, 0.2) is 18.2 Å². The second-order valence-corrected chi connectivity index (χ2v) is 7.19. The predicted molar refractivity (Wildman–Crippen MR) is 92.2 cm³/mol. The first kappa shape index (κ1) is 18.5. The lowest BCUT2D eigenvalue weighted by Gasteiger charge is -2.22. The van der Waals surface area contributed by atoms with E-state index in [9.17, 15) is 13.2 Å². The van der Waals surface area contributed by atoms with E-state index >= 15 is 0 Å². The van der Waals surface area contributed by atoms with Gasteiger partial charge in [0.15, 0.2) is 0 Å². The standard InChI is InChI=1S/C15H24N4O4S/c1-3-23-14-11-12(2)5-6-13(14)17-15(20)18-7-4-8-19(10-9-18)24(16,21)22/h5-6,11H,3-4,7-10H2,1-2H3,(H,17,20)(H2,16,21,22). The van der Waals surface area contributed by atoms with Gasteiger partial charge in [0.1, 0.15) is 5.75 Å². The summed E-state index contributed by atoms with van der Waals surface area (Å²) in [6.45, 7) is 5.59. The molecule has 1 aromatic rings. The molecule has 9 heteroatoms. The Hall–Kier alpha value is -1.84. The lowest BCUT2D eigenvalue weighted by molar-refractivity contribution is 0.214. The van der Waals surface area contributed by atoms with E-state index in [-0.39, 0.29) is 19.1 Å². The Morgan fingerprint density at radius 2 is 2.04 bits per heavy atom. The van der Waals surface area contributed by atoms with Gasteiger partial charge in [0.25, 0.3) is 10.2 Å². The number of rotatable bonds is 4. The lowest BCUT2D eigenvalue weighted by atomic mass is 10.2. The molecule has 0 atom stereocenters. The minimum absolute atomic E-state index is 0.193. The van der Waals surface area contributed by atoms with Gasteiger partial charge in [-0.05, 0) is 38.0 Å². The van der Waals surface area contributed by atoms with Crippen LogP contribution in [0.25, 0.3) is 0 Å². The summed E-state index contributed by atoms with van der Waals surface area (Å²) in [5.74, 6) is 0.617. The van der Waals surface area contributed by atoms with Gasteiger partial charge in [-0.25, -0.2) is 9.93 Å². The molecule has 0 spiro atoms. The number of benzene rings is 1. The van der Waals surface area contributed by atoms with E-state index in [0.29, 0.717) is 37.6 Å². The maximum Gasteiger partial charge on any atom is 0.321 e. The van der Waals surface area contributed by atoms with E-state index in [4.69, 9.17) is 9.88 Å². The van der Waals surface area contributed by atoms with Gasteiger partial charge >= 0.3 is 6.03 Å². The normalized spacial score (nSPS) is 16.5. The number of carbonyl (C=O) groups is 1. The molecule has 0 radical (unpaired) electrons. The third-order valence-electron chi connectivity index (χ3n) is 3.78. The van der Waals surface area contributed by atoms with Crippen molar-refractivity contribution < 1.29 is 17.9 Å². The van der Waals surface area contributed by atoms with E-state index in [1.165, 1.54) is 4.31 Å². The van der Waals surface area contributed by atoms with Crippen LogP contribution in [-0.4, -0.2) is 56.4 Å². The SMILES string of the molecule is CCOc1cc(C)ccc1NC(=O)N1CCCN(S(N)(=O)=O)CC1. The highest BCUT2D eigenvalue weighted by atomic mass is 32.2. The van der Waals surface area contributed by atoms with E-state index < -0.39 is 10.2 Å². The van der Waals surface area contributed by atoms with Crippen LogP contribution in [-0.2, 0) is 10.2 Å². The Bertz CT molecular complexity index is 693. The van der Waals surface area contributed by atoms with Gasteiger partial charge in [-0.2, -0.15) is 12.7 Å². The molecule has 0 bridgehead atoms. The van der Waals surface area contributed by atoms with Crippen LogP contribution in [0.2, 0.25) is 0 Å². The van der Waals surface area contributed by atoms with E-state index in [2.05, 4.69) is 5.32 Å². The summed E-state index contributed by atoms with van der Waals surface area (Å²) in [4.78, 5) is 14.1. The fraction of sp³-hybridized carbons (Fsp3) is 0.533. The molecule has 3 N–H and O–H groups in total. The average molecular weight is 356 g/mol. The number of carbonyl (C=O) groups excluding carboxylic acids is 1. The van der Waals surface area contributed by atoms with Crippen molar-refractivity contribution in [2.75, 3.05) is 38.1 Å². The first-order valence-electron chi connectivity index (χ1n) is 7.88. The monoisotopic (exact) mass is 356 g/mol. The van der Waals surface area contributed by atoms with Crippen LogP contribution in [0.1, 0.15) is 18.9 Å². The highest BCUT2D eigenvalue weighted by molar-refractivity contribution is 7.86. The summed E-state index contributed by atoms with van der Waals surface area (Å²) < 4.78 is 29.6. The zero-order valence-corrected chi connectivity index (χ0v) is 14.8. The molecule has 1 aliphatic heterocycles. The Kier molecular flexibility index (Phi) is 6.03. The molecule has 134 valence electrons. The largest absolute Gasteiger partial charge is 0.492 e. The van der Waals surface area contributed by atoms with Gasteiger partial charge in [-0.1, -0.05) is 6.07 Å². The van der Waals surface area contributed by atoms with Crippen molar-refractivity contribution in [3.05, 3.63) is 23.8 Å². The highest BCUT2D eigenvalue weighted by Crippen LogP contribution is 2.26. The summed E-state index contributed by atoms with van der Waals surface area (Å²) in [5, 5.41) is 7.99. The van der Waals surface area contributed by atoms with Gasteiger partial charge in [-0.15, -0.1) is 0 Å². The fourth-order valence-electron chi connectivity index (χ4n) is 2.55. The van der Waals surface area contributed by atoms with E-state index in [1.54, 1.807) is 11.0 Å². The maximum atomic E-state index is 12.5. The second kappa shape index (κ2) is 7.82. The van der Waals surface area contributed by atoms with Crippen molar-refractivity contribution in [2.45, 2.75) is 20.3 Å². The minimum Gasteiger partial charge on any atom is -0.492 e. The number of hydrogen-bond donors (Lipinski definition) is 2. The van der Waals surface area contributed by atoms with Crippen LogP contribution < -0.4 is 15.2 Å². The number of amides is 2. The minimum atomic E-state index is -3.72. The fourth-order valence-corrected chi connectivity index (χ4v) is 3.27. The molecular formula is C15H24N4O4S. The molecule has 0 aliphatic carbocycles. The van der Waals surface area contributed by atoms with Gasteiger partial charge in [-0.3, -0.25) is 0 Å². The molecule has 1 fully saturated rings. The molecule has 1 heterocycles. The van der Waals surface area contributed by atoms with Gasteiger partial charge in [0.05, 0.1) is 12.3 Å². The Morgan fingerprint density at radius 3 is 2.71 bits per heavy atom. The molecule has 8 nitrogen and oxygen atoms in total. The number of anilines is 1. The molecule has 1 aromatic carbocycles. The Balaban J connectivity index is 2.05. The Labute approximate surface area is 142 Å². The van der Waals surface area contributed by atoms with Crippen molar-refractivity contribution in [2.24, 2.45) is 5.14 Å². The highest BCUT2D eigenvalue weighted by Gasteiger charge is 2.24. The quantitative estimate of drug-likeness (QED) is 0.844. The molecule has 24 heavy (non-hydrogen) atoms. The van der Waals surface area contributed by atoms with Crippen LogP contribution >= 0.6 is 0 Å². The summed E-state index contributed by atoms with van der Waals surface area (Å²) in [6.07, 6.45) is 0.538. The number of nitrogens with one attached hydrogen (secondary N) is 1. The van der Waals surface area contributed by atoms with Gasteiger partial charge < -0.3 is 15.0 Å². The summed E-state index contributed by atoms with van der Waals surface area (Å²) in [7, 11) is -3.72. The van der Waals surface area contributed by atoms with E-state index in [1.807, 2.05) is 26.0 Å². The summed E-state index contributed by atoms with van der Waals surface area (Å²) in [6, 6.07) is 5.27. The van der Waals surface area contributed by atoms with Gasteiger partial charge in [0.2, 0.25) is 0 Å². The number of aryl methyl sites for hydroxylation is 1. The lowest BCUT2D eigenvalue weighted by Crippen LogP contribution is -2.41. The number of nitrogens with two attached hydrogens (primary N) is 1. The summed E-state index contributed by atoms with van der Waals surface area (Å²) >= 11 is 0. The smallest absolute Gasteiger partial charge is 0.321 e. The first-order valence-corrected chi connectivity index (χ1v) is 9.39. The van der Waals surface area contributed by atoms with E-state index in [0.717, 1.165) is 5.56 Å². The van der Waals surface area contributed by atoms with Gasteiger partial charge in [0, 0.05) is 26.2 Å². The zero-order chi connectivity index (χ0) is 17.7. The number of hydrogen-bond acceptors (Lipinski definition) is 4.